The standard InChI is InChI=1S/C22H28F3N3O2/c1-2-26-21(28-13-20(14-29)19-6-4-3-5-7-19)27-12-17-8-10-18(11-9-17)15-30-16-22(23,24)25/h3-11,20,29H,2,12-16H2,1H3,(H2,26,27,28). The van der Waals surface area contributed by atoms with Crippen molar-refractivity contribution < 1.29 is 23.0 Å². The quantitative estimate of drug-likeness (QED) is 0.404. The van der Waals surface area contributed by atoms with Crippen LogP contribution in [0.3, 0.4) is 0 Å². The second-order valence-electron chi connectivity index (χ2n) is 6.79. The summed E-state index contributed by atoms with van der Waals surface area (Å²) in [5.74, 6) is 0.579. The summed E-state index contributed by atoms with van der Waals surface area (Å²) in [5, 5.41) is 16.1. The minimum Gasteiger partial charge on any atom is -0.396 e. The molecule has 0 bridgehead atoms. The second-order valence-corrected chi connectivity index (χ2v) is 6.79. The van der Waals surface area contributed by atoms with Gasteiger partial charge in [-0.1, -0.05) is 54.6 Å². The van der Waals surface area contributed by atoms with E-state index < -0.39 is 12.8 Å². The minimum absolute atomic E-state index is 0.0221. The number of hydrogen-bond donors (Lipinski definition) is 3. The van der Waals surface area contributed by atoms with E-state index in [0.717, 1.165) is 11.1 Å². The number of alkyl halides is 3. The number of halogens is 3. The summed E-state index contributed by atoms with van der Waals surface area (Å²) in [7, 11) is 0. The van der Waals surface area contributed by atoms with E-state index in [1.54, 1.807) is 12.1 Å². The Kier molecular flexibility index (Phi) is 9.63. The zero-order valence-corrected chi connectivity index (χ0v) is 17.0. The number of aliphatic imine (C=N–C) groups is 1. The lowest BCUT2D eigenvalue weighted by atomic mass is 10.0. The molecule has 0 aliphatic carbocycles. The first-order valence-electron chi connectivity index (χ1n) is 9.81. The van der Waals surface area contributed by atoms with Gasteiger partial charge < -0.3 is 20.5 Å². The number of nitrogens with zero attached hydrogens (tertiary/aromatic N) is 1. The average Bonchev–Trinajstić information content (AvgIpc) is 2.73. The van der Waals surface area contributed by atoms with Crippen LogP contribution in [0.2, 0.25) is 0 Å². The first-order valence-corrected chi connectivity index (χ1v) is 9.81. The molecule has 2 aromatic rings. The molecule has 3 N–H and O–H groups in total. The van der Waals surface area contributed by atoms with Crippen LogP contribution in [-0.2, 0) is 17.9 Å². The van der Waals surface area contributed by atoms with Crippen LogP contribution in [0.4, 0.5) is 13.2 Å². The first-order chi connectivity index (χ1) is 14.4. The van der Waals surface area contributed by atoms with Crippen LogP contribution in [0.1, 0.15) is 29.5 Å². The summed E-state index contributed by atoms with van der Waals surface area (Å²) in [6, 6.07) is 16.9. The van der Waals surface area contributed by atoms with Crippen molar-refractivity contribution in [2.45, 2.75) is 32.2 Å². The van der Waals surface area contributed by atoms with Crippen molar-refractivity contribution in [2.75, 3.05) is 26.3 Å². The Morgan fingerprint density at radius 1 is 1.03 bits per heavy atom. The molecule has 0 aliphatic heterocycles. The SMILES string of the molecule is CCNC(=NCc1ccc(COCC(F)(F)F)cc1)NCC(CO)c1ccccc1. The van der Waals surface area contributed by atoms with Crippen LogP contribution in [0.5, 0.6) is 0 Å². The lowest BCUT2D eigenvalue weighted by Crippen LogP contribution is -2.39. The van der Waals surface area contributed by atoms with Gasteiger partial charge in [0.15, 0.2) is 5.96 Å². The highest BCUT2D eigenvalue weighted by atomic mass is 19.4. The Labute approximate surface area is 175 Å². The fraction of sp³-hybridized carbons (Fsp3) is 0.409. The lowest BCUT2D eigenvalue weighted by Gasteiger charge is -2.18. The number of benzene rings is 2. The van der Waals surface area contributed by atoms with Gasteiger partial charge in [0.25, 0.3) is 0 Å². The summed E-state index contributed by atoms with van der Waals surface area (Å²) in [6.45, 7) is 2.28. The number of hydrogen-bond acceptors (Lipinski definition) is 3. The van der Waals surface area contributed by atoms with Gasteiger partial charge in [-0.05, 0) is 23.6 Å². The largest absolute Gasteiger partial charge is 0.411 e. The van der Waals surface area contributed by atoms with Crippen molar-refractivity contribution >= 4 is 5.96 Å². The normalized spacial score (nSPS) is 13.2. The molecule has 2 rings (SSSR count). The highest BCUT2D eigenvalue weighted by Crippen LogP contribution is 2.16. The summed E-state index contributed by atoms with van der Waals surface area (Å²) in [4.78, 5) is 4.54. The van der Waals surface area contributed by atoms with E-state index in [1.807, 2.05) is 49.4 Å². The summed E-state index contributed by atoms with van der Waals surface area (Å²) < 4.78 is 41.0. The van der Waals surface area contributed by atoms with Gasteiger partial charge in [-0.15, -0.1) is 0 Å². The molecule has 0 aromatic heterocycles. The third-order valence-corrected chi connectivity index (χ3v) is 4.33. The molecule has 0 aliphatic rings. The van der Waals surface area contributed by atoms with Crippen LogP contribution < -0.4 is 10.6 Å². The summed E-state index contributed by atoms with van der Waals surface area (Å²) in [5.41, 5.74) is 2.64. The molecule has 1 unspecified atom stereocenters. The number of aliphatic hydroxyl groups excluding tert-OH is 1. The van der Waals surface area contributed by atoms with E-state index in [9.17, 15) is 18.3 Å². The third kappa shape index (κ3) is 8.84. The molecule has 0 saturated heterocycles. The molecule has 8 heteroatoms. The topological polar surface area (TPSA) is 65.9 Å². The maximum atomic E-state index is 12.1. The van der Waals surface area contributed by atoms with Crippen molar-refractivity contribution in [1.82, 2.24) is 10.6 Å². The first kappa shape index (κ1) is 23.7. The highest BCUT2D eigenvalue weighted by molar-refractivity contribution is 5.79. The van der Waals surface area contributed by atoms with E-state index in [0.29, 0.717) is 31.2 Å². The summed E-state index contributed by atoms with van der Waals surface area (Å²) in [6.07, 6.45) is -4.32. The fourth-order valence-electron chi connectivity index (χ4n) is 2.77. The van der Waals surface area contributed by atoms with Crippen molar-refractivity contribution in [3.63, 3.8) is 0 Å². The molecule has 0 saturated carbocycles. The van der Waals surface area contributed by atoms with Crippen molar-refractivity contribution in [2.24, 2.45) is 4.99 Å². The van der Waals surface area contributed by atoms with Crippen LogP contribution in [-0.4, -0.2) is 43.5 Å². The average molecular weight is 423 g/mol. The molecular formula is C22H28F3N3O2. The van der Waals surface area contributed by atoms with Crippen LogP contribution in [0.15, 0.2) is 59.6 Å². The van der Waals surface area contributed by atoms with Crippen LogP contribution >= 0.6 is 0 Å². The van der Waals surface area contributed by atoms with Gasteiger partial charge in [-0.3, -0.25) is 0 Å². The molecule has 0 heterocycles. The summed E-state index contributed by atoms with van der Waals surface area (Å²) >= 11 is 0. The smallest absolute Gasteiger partial charge is 0.396 e. The Bertz CT molecular complexity index is 765. The Morgan fingerprint density at radius 3 is 2.30 bits per heavy atom. The number of nitrogens with one attached hydrogen (secondary N) is 2. The molecule has 0 radical (unpaired) electrons. The van der Waals surface area contributed by atoms with Crippen molar-refractivity contribution in [3.8, 4) is 0 Å². The monoisotopic (exact) mass is 423 g/mol. The Balaban J connectivity index is 1.89. The number of guanidine groups is 1. The predicted molar refractivity (Wildman–Crippen MR) is 111 cm³/mol. The molecule has 30 heavy (non-hydrogen) atoms. The second kappa shape index (κ2) is 12.2. The molecule has 164 valence electrons. The van der Waals surface area contributed by atoms with Gasteiger partial charge in [0.05, 0.1) is 19.8 Å². The van der Waals surface area contributed by atoms with Gasteiger partial charge in [0, 0.05) is 19.0 Å². The molecule has 0 fully saturated rings. The molecular weight excluding hydrogens is 395 g/mol. The third-order valence-electron chi connectivity index (χ3n) is 4.33. The number of aliphatic hydroxyl groups is 1. The van der Waals surface area contributed by atoms with Gasteiger partial charge in [0.1, 0.15) is 6.61 Å². The maximum Gasteiger partial charge on any atom is 0.411 e. The zero-order valence-electron chi connectivity index (χ0n) is 17.0. The van der Waals surface area contributed by atoms with E-state index in [-0.39, 0.29) is 19.1 Å². The Hall–Kier alpha value is -2.58. The molecule has 2 aromatic carbocycles. The van der Waals surface area contributed by atoms with Crippen molar-refractivity contribution in [1.29, 1.82) is 0 Å². The van der Waals surface area contributed by atoms with Gasteiger partial charge in [0.2, 0.25) is 0 Å². The van der Waals surface area contributed by atoms with E-state index in [4.69, 9.17) is 0 Å². The molecule has 1 atom stereocenters. The van der Waals surface area contributed by atoms with Crippen LogP contribution in [0.25, 0.3) is 0 Å². The lowest BCUT2D eigenvalue weighted by molar-refractivity contribution is -0.176. The van der Waals surface area contributed by atoms with Gasteiger partial charge in [-0.2, -0.15) is 13.2 Å². The van der Waals surface area contributed by atoms with Gasteiger partial charge in [-0.25, -0.2) is 4.99 Å². The Morgan fingerprint density at radius 2 is 1.70 bits per heavy atom. The van der Waals surface area contributed by atoms with Crippen LogP contribution in [0, 0.1) is 0 Å². The molecule has 0 amide bonds. The fourth-order valence-corrected chi connectivity index (χ4v) is 2.77. The van der Waals surface area contributed by atoms with Crippen molar-refractivity contribution in [3.05, 3.63) is 71.3 Å². The highest BCUT2D eigenvalue weighted by Gasteiger charge is 2.27. The zero-order chi connectivity index (χ0) is 21.8. The number of rotatable bonds is 10. The minimum atomic E-state index is -4.32. The van der Waals surface area contributed by atoms with E-state index in [2.05, 4.69) is 20.4 Å². The van der Waals surface area contributed by atoms with E-state index >= 15 is 0 Å². The maximum absolute atomic E-state index is 12.1. The molecule has 0 spiro atoms. The molecule has 5 nitrogen and oxygen atoms in total. The van der Waals surface area contributed by atoms with Gasteiger partial charge >= 0.3 is 6.18 Å². The van der Waals surface area contributed by atoms with E-state index in [1.165, 1.54) is 0 Å². The number of ether oxygens (including phenoxy) is 1. The predicted octanol–water partition coefficient (Wildman–Crippen LogP) is 3.60.